The van der Waals surface area contributed by atoms with Crippen molar-refractivity contribution >= 4 is 11.5 Å². The number of aliphatic carboxylic acids is 1. The van der Waals surface area contributed by atoms with Crippen molar-refractivity contribution in [3.63, 3.8) is 0 Å². The summed E-state index contributed by atoms with van der Waals surface area (Å²) in [6, 6.07) is 16.7. The van der Waals surface area contributed by atoms with Crippen LogP contribution in [-0.4, -0.2) is 40.8 Å². The smallest absolute Gasteiger partial charge is 0.475 e. The normalized spacial score (nSPS) is 20.6. The number of halogens is 4. The molecule has 2 unspecified atom stereocenters. The van der Waals surface area contributed by atoms with Gasteiger partial charge >= 0.3 is 12.1 Å². The van der Waals surface area contributed by atoms with Crippen LogP contribution < -0.4 is 0 Å². The van der Waals surface area contributed by atoms with Gasteiger partial charge in [-0.1, -0.05) is 55.5 Å². The van der Waals surface area contributed by atoms with Gasteiger partial charge in [-0.25, -0.2) is 9.18 Å². The van der Waals surface area contributed by atoms with E-state index in [0.717, 1.165) is 17.5 Å². The van der Waals surface area contributed by atoms with E-state index in [2.05, 4.69) is 24.0 Å². The van der Waals surface area contributed by atoms with Crippen LogP contribution in [0.2, 0.25) is 0 Å². The molecule has 1 saturated heterocycles. The average molecular weight is 435 g/mol. The van der Waals surface area contributed by atoms with E-state index in [4.69, 9.17) is 9.90 Å². The van der Waals surface area contributed by atoms with Crippen molar-refractivity contribution < 1.29 is 27.5 Å². The molecule has 2 aliphatic rings. The van der Waals surface area contributed by atoms with Gasteiger partial charge in [0.2, 0.25) is 0 Å². The highest BCUT2D eigenvalue weighted by Gasteiger charge is 2.38. The Morgan fingerprint density at radius 1 is 1.10 bits per heavy atom. The molecule has 0 spiro atoms. The second-order valence-corrected chi connectivity index (χ2v) is 7.80. The summed E-state index contributed by atoms with van der Waals surface area (Å²) < 4.78 is 46.4. The number of fused-ring (bicyclic) bond motifs is 2. The standard InChI is InChI=1S/C22H24FN.C2HF3O2/c1-2-12-24-19-9-10-20(24)14-18(13-19)17-8-11-21(22(23)15-17)16-6-4-3-5-7-16;3-2(4,5)1(6)7/h3-8,11,13,15,19-20H,2,9-10,12,14H2,1H3;(H,6,7). The maximum Gasteiger partial charge on any atom is 0.490 e. The summed E-state index contributed by atoms with van der Waals surface area (Å²) in [4.78, 5) is 11.5. The summed E-state index contributed by atoms with van der Waals surface area (Å²) in [7, 11) is 0. The molecular weight excluding hydrogens is 410 g/mol. The Labute approximate surface area is 179 Å². The highest BCUT2D eigenvalue weighted by Crippen LogP contribution is 2.39. The molecule has 31 heavy (non-hydrogen) atoms. The predicted molar refractivity (Wildman–Crippen MR) is 112 cm³/mol. The zero-order chi connectivity index (χ0) is 22.6. The lowest BCUT2D eigenvalue weighted by molar-refractivity contribution is -0.192. The van der Waals surface area contributed by atoms with Crippen LogP contribution in [0.3, 0.4) is 0 Å². The molecule has 2 aromatic carbocycles. The third-order valence-electron chi connectivity index (χ3n) is 5.69. The van der Waals surface area contributed by atoms with Crippen molar-refractivity contribution in [1.82, 2.24) is 4.90 Å². The number of carboxylic acid groups (broad SMARTS) is 1. The molecule has 7 heteroatoms. The Kier molecular flexibility index (Phi) is 7.15. The number of hydrogen-bond donors (Lipinski definition) is 1. The minimum atomic E-state index is -5.08. The van der Waals surface area contributed by atoms with Crippen molar-refractivity contribution in [2.75, 3.05) is 6.54 Å². The molecule has 4 rings (SSSR count). The number of carbonyl (C=O) groups is 1. The Balaban J connectivity index is 0.000000339. The van der Waals surface area contributed by atoms with E-state index in [1.54, 1.807) is 6.07 Å². The van der Waals surface area contributed by atoms with Crippen LogP contribution in [0.15, 0.2) is 54.6 Å². The Morgan fingerprint density at radius 2 is 1.77 bits per heavy atom. The number of rotatable bonds is 4. The maximum absolute atomic E-state index is 14.7. The average Bonchev–Trinajstić information content (AvgIpc) is 2.96. The third kappa shape index (κ3) is 5.53. The fourth-order valence-electron chi connectivity index (χ4n) is 4.31. The number of nitrogens with zero attached hydrogens (tertiary/aromatic N) is 1. The number of benzene rings is 2. The van der Waals surface area contributed by atoms with Crippen LogP contribution in [0.25, 0.3) is 16.7 Å². The van der Waals surface area contributed by atoms with E-state index in [9.17, 15) is 17.6 Å². The quantitative estimate of drug-likeness (QED) is 0.585. The van der Waals surface area contributed by atoms with Crippen LogP contribution in [0, 0.1) is 5.82 Å². The van der Waals surface area contributed by atoms with Gasteiger partial charge < -0.3 is 5.11 Å². The molecule has 0 aromatic heterocycles. The van der Waals surface area contributed by atoms with E-state index < -0.39 is 12.1 Å². The molecule has 2 heterocycles. The van der Waals surface area contributed by atoms with Crippen LogP contribution in [0.4, 0.5) is 17.6 Å². The first-order chi connectivity index (χ1) is 14.7. The van der Waals surface area contributed by atoms with Crippen molar-refractivity contribution in [1.29, 1.82) is 0 Å². The largest absolute Gasteiger partial charge is 0.490 e. The van der Waals surface area contributed by atoms with E-state index in [1.165, 1.54) is 31.4 Å². The summed E-state index contributed by atoms with van der Waals surface area (Å²) in [6.45, 7) is 3.43. The van der Waals surface area contributed by atoms with Crippen molar-refractivity contribution in [2.24, 2.45) is 0 Å². The van der Waals surface area contributed by atoms with Crippen LogP contribution in [0.1, 0.15) is 38.2 Å². The van der Waals surface area contributed by atoms with E-state index >= 15 is 0 Å². The lowest BCUT2D eigenvalue weighted by atomic mass is 9.93. The van der Waals surface area contributed by atoms with Crippen molar-refractivity contribution in [3.8, 4) is 11.1 Å². The Morgan fingerprint density at radius 3 is 2.32 bits per heavy atom. The van der Waals surface area contributed by atoms with Gasteiger partial charge in [-0.3, -0.25) is 4.90 Å². The molecule has 3 nitrogen and oxygen atoms in total. The predicted octanol–water partition coefficient (Wildman–Crippen LogP) is 6.16. The minimum Gasteiger partial charge on any atom is -0.475 e. The zero-order valence-corrected chi connectivity index (χ0v) is 17.2. The molecule has 0 amide bonds. The van der Waals surface area contributed by atoms with Gasteiger partial charge in [-0.2, -0.15) is 13.2 Å². The zero-order valence-electron chi connectivity index (χ0n) is 17.2. The molecule has 2 atom stereocenters. The topological polar surface area (TPSA) is 40.5 Å². The van der Waals surface area contributed by atoms with Gasteiger partial charge in [0.25, 0.3) is 0 Å². The van der Waals surface area contributed by atoms with Gasteiger partial charge in [-0.15, -0.1) is 0 Å². The SMILES string of the molecule is CCCN1C2C=C(c3ccc(-c4ccccc4)c(F)c3)CC1CC2.O=C(O)C(F)(F)F. The van der Waals surface area contributed by atoms with Crippen LogP contribution in [-0.2, 0) is 4.79 Å². The molecule has 1 N–H and O–H groups in total. The fourth-order valence-corrected chi connectivity index (χ4v) is 4.31. The van der Waals surface area contributed by atoms with Gasteiger partial charge in [0.05, 0.1) is 0 Å². The summed E-state index contributed by atoms with van der Waals surface area (Å²) in [5, 5.41) is 7.12. The molecule has 0 aliphatic carbocycles. The van der Waals surface area contributed by atoms with Gasteiger partial charge in [-0.05, 0) is 55.0 Å². The molecule has 166 valence electrons. The first-order valence-electron chi connectivity index (χ1n) is 10.3. The Bertz CT molecular complexity index is 940. The monoisotopic (exact) mass is 435 g/mol. The third-order valence-corrected chi connectivity index (χ3v) is 5.69. The van der Waals surface area contributed by atoms with E-state index in [1.807, 2.05) is 36.4 Å². The van der Waals surface area contributed by atoms with Gasteiger partial charge in [0.15, 0.2) is 0 Å². The van der Waals surface area contributed by atoms with Gasteiger partial charge in [0.1, 0.15) is 5.82 Å². The molecule has 2 aliphatic heterocycles. The lowest BCUT2D eigenvalue weighted by Crippen LogP contribution is -2.38. The molecule has 2 bridgehead atoms. The summed E-state index contributed by atoms with van der Waals surface area (Å²) in [6.07, 6.45) is 2.08. The summed E-state index contributed by atoms with van der Waals surface area (Å²) >= 11 is 0. The first-order valence-corrected chi connectivity index (χ1v) is 10.3. The van der Waals surface area contributed by atoms with Crippen LogP contribution >= 0.6 is 0 Å². The van der Waals surface area contributed by atoms with E-state index in [-0.39, 0.29) is 5.82 Å². The lowest BCUT2D eigenvalue weighted by Gasteiger charge is -2.33. The van der Waals surface area contributed by atoms with Crippen molar-refractivity contribution in [3.05, 3.63) is 66.0 Å². The van der Waals surface area contributed by atoms with Crippen molar-refractivity contribution in [2.45, 2.75) is 50.9 Å². The summed E-state index contributed by atoms with van der Waals surface area (Å²) in [5.41, 5.74) is 4.01. The Hall–Kier alpha value is -2.67. The molecule has 1 fully saturated rings. The second-order valence-electron chi connectivity index (χ2n) is 7.80. The van der Waals surface area contributed by atoms with E-state index in [0.29, 0.717) is 17.6 Å². The molecule has 0 saturated carbocycles. The fraction of sp³-hybridized carbons (Fsp3) is 0.375. The molecular formula is C24H25F4NO2. The minimum absolute atomic E-state index is 0.122. The first kappa shape index (κ1) is 23.0. The molecule has 0 radical (unpaired) electrons. The second kappa shape index (κ2) is 9.64. The van der Waals surface area contributed by atoms with Crippen LogP contribution in [0.5, 0.6) is 0 Å². The number of hydrogen-bond acceptors (Lipinski definition) is 2. The molecule has 2 aromatic rings. The highest BCUT2D eigenvalue weighted by atomic mass is 19.4. The maximum atomic E-state index is 14.7. The number of alkyl halides is 3. The van der Waals surface area contributed by atoms with Gasteiger partial charge in [0, 0.05) is 17.6 Å². The number of carboxylic acids is 1. The summed E-state index contributed by atoms with van der Waals surface area (Å²) in [5.74, 6) is -2.88. The highest BCUT2D eigenvalue weighted by molar-refractivity contribution is 5.73.